The molecule has 0 atom stereocenters. The van der Waals surface area contributed by atoms with E-state index in [1.807, 2.05) is 42.5 Å². The lowest BCUT2D eigenvalue weighted by atomic mass is 10.0. The highest BCUT2D eigenvalue weighted by Crippen LogP contribution is 2.45. The Morgan fingerprint density at radius 3 is 2.00 bits per heavy atom. The van der Waals surface area contributed by atoms with Gasteiger partial charge >= 0.3 is 0 Å². The number of aromatic nitrogens is 1. The first-order chi connectivity index (χ1) is 24.7. The minimum absolute atomic E-state index is 0.602. The minimum Gasteiger partial charge on any atom is -0.456 e. The molecule has 3 aromatic heterocycles. The standard InChI is InChI=1S/C45H26N2O3/c1-2-9-29-24-30(17-16-27(29)8-1)45-46-44-36-25-31(20-18-28(36)19-23-41(44)50-45)47(32-21-22-34-33-10-3-5-13-38(33)49-42(34)26-32)37-12-7-15-40-43(37)35-11-4-6-14-39(35)48-40/h1-26H. The quantitative estimate of drug-likeness (QED) is 0.191. The molecule has 5 heteroatoms. The fraction of sp³-hybridized carbons (Fsp3) is 0. The molecular formula is C45H26N2O3. The Labute approximate surface area is 285 Å². The van der Waals surface area contributed by atoms with Crippen LogP contribution in [0.2, 0.25) is 0 Å². The monoisotopic (exact) mass is 642 g/mol. The predicted octanol–water partition coefficient (Wildman–Crippen LogP) is 13.1. The zero-order valence-electron chi connectivity index (χ0n) is 26.6. The lowest BCUT2D eigenvalue weighted by molar-refractivity contribution is 0.620. The number of anilines is 3. The number of hydrogen-bond donors (Lipinski definition) is 0. The Kier molecular flexibility index (Phi) is 5.60. The fourth-order valence-electron chi connectivity index (χ4n) is 7.51. The maximum absolute atomic E-state index is 6.40. The van der Waals surface area contributed by atoms with Crippen molar-refractivity contribution in [3.8, 4) is 11.5 Å². The van der Waals surface area contributed by atoms with Crippen molar-refractivity contribution >= 4 is 93.6 Å². The highest BCUT2D eigenvalue weighted by molar-refractivity contribution is 6.15. The molecule has 0 unspecified atom stereocenters. The van der Waals surface area contributed by atoms with Crippen LogP contribution in [0, 0.1) is 0 Å². The van der Waals surface area contributed by atoms with Crippen LogP contribution < -0.4 is 4.90 Å². The van der Waals surface area contributed by atoms with Gasteiger partial charge in [-0.05, 0) is 82.9 Å². The van der Waals surface area contributed by atoms with Crippen molar-refractivity contribution < 1.29 is 13.3 Å². The molecule has 3 heterocycles. The van der Waals surface area contributed by atoms with Crippen molar-refractivity contribution in [2.24, 2.45) is 0 Å². The van der Waals surface area contributed by atoms with Gasteiger partial charge in [-0.1, -0.05) is 84.9 Å². The van der Waals surface area contributed by atoms with Crippen molar-refractivity contribution in [3.05, 3.63) is 158 Å². The summed E-state index contributed by atoms with van der Waals surface area (Å²) in [4.78, 5) is 7.39. The third-order valence-corrected chi connectivity index (χ3v) is 9.86. The summed E-state index contributed by atoms with van der Waals surface area (Å²) in [6.45, 7) is 0. The second-order valence-electron chi connectivity index (χ2n) is 12.8. The molecule has 0 bridgehead atoms. The van der Waals surface area contributed by atoms with E-state index in [-0.39, 0.29) is 0 Å². The summed E-state index contributed by atoms with van der Waals surface area (Å²) < 4.78 is 19.2. The molecule has 0 fully saturated rings. The van der Waals surface area contributed by atoms with Crippen LogP contribution in [0.25, 0.3) is 88.0 Å². The number of benzene rings is 8. The zero-order valence-corrected chi connectivity index (χ0v) is 26.6. The molecule has 0 saturated carbocycles. The number of oxazole rings is 1. The highest BCUT2D eigenvalue weighted by Gasteiger charge is 2.22. The van der Waals surface area contributed by atoms with Gasteiger partial charge in [0, 0.05) is 44.5 Å². The SMILES string of the molecule is c1ccc2cc(-c3nc4c(ccc5ccc(N(c6ccc7c(c6)oc6ccccc67)c6cccc7oc8ccccc8c67)cc54)o3)ccc2c1. The highest BCUT2D eigenvalue weighted by atomic mass is 16.3. The Morgan fingerprint density at radius 1 is 0.400 bits per heavy atom. The second-order valence-corrected chi connectivity index (χ2v) is 12.8. The van der Waals surface area contributed by atoms with E-state index in [1.165, 1.54) is 5.39 Å². The summed E-state index contributed by atoms with van der Waals surface area (Å²) in [5, 5.41) is 8.72. The maximum atomic E-state index is 6.40. The van der Waals surface area contributed by atoms with Crippen LogP contribution in [0.5, 0.6) is 0 Å². The lowest BCUT2D eigenvalue weighted by Crippen LogP contribution is -2.10. The van der Waals surface area contributed by atoms with E-state index in [2.05, 4.69) is 120 Å². The molecule has 50 heavy (non-hydrogen) atoms. The zero-order chi connectivity index (χ0) is 32.8. The van der Waals surface area contributed by atoms with Crippen molar-refractivity contribution in [1.29, 1.82) is 0 Å². The van der Waals surface area contributed by atoms with E-state index in [0.717, 1.165) is 93.8 Å². The molecule has 0 radical (unpaired) electrons. The van der Waals surface area contributed by atoms with Crippen LogP contribution in [0.3, 0.4) is 0 Å². The number of hydrogen-bond acceptors (Lipinski definition) is 5. The van der Waals surface area contributed by atoms with Gasteiger partial charge in [0.05, 0.1) is 11.1 Å². The van der Waals surface area contributed by atoms with Gasteiger partial charge in [-0.2, -0.15) is 0 Å². The number of fused-ring (bicyclic) bond motifs is 10. The summed E-state index contributed by atoms with van der Waals surface area (Å²) in [6.07, 6.45) is 0. The molecular weight excluding hydrogens is 617 g/mol. The van der Waals surface area contributed by atoms with Crippen LogP contribution in [0.15, 0.2) is 171 Å². The van der Waals surface area contributed by atoms with Crippen LogP contribution in [-0.2, 0) is 0 Å². The molecule has 0 spiro atoms. The molecule has 0 aliphatic heterocycles. The van der Waals surface area contributed by atoms with Crippen molar-refractivity contribution in [2.75, 3.05) is 4.90 Å². The Hall–Kier alpha value is -6.85. The van der Waals surface area contributed by atoms with Crippen molar-refractivity contribution in [3.63, 3.8) is 0 Å². The fourth-order valence-corrected chi connectivity index (χ4v) is 7.51. The van der Waals surface area contributed by atoms with E-state index in [0.29, 0.717) is 5.89 Å². The summed E-state index contributed by atoms with van der Waals surface area (Å²) in [6, 6.07) is 54.4. The molecule has 8 aromatic carbocycles. The first kappa shape index (κ1) is 27.1. The summed E-state index contributed by atoms with van der Waals surface area (Å²) in [5.74, 6) is 0.602. The summed E-state index contributed by atoms with van der Waals surface area (Å²) in [7, 11) is 0. The molecule has 11 aromatic rings. The van der Waals surface area contributed by atoms with Gasteiger partial charge in [-0.3, -0.25) is 0 Å². The Balaban J connectivity index is 1.15. The number of para-hydroxylation sites is 2. The lowest BCUT2D eigenvalue weighted by Gasteiger charge is -2.26. The van der Waals surface area contributed by atoms with E-state index in [4.69, 9.17) is 18.2 Å². The molecule has 0 aliphatic rings. The Bertz CT molecular complexity index is 3130. The van der Waals surface area contributed by atoms with E-state index in [9.17, 15) is 0 Å². The second kappa shape index (κ2) is 10.3. The molecule has 0 N–H and O–H groups in total. The van der Waals surface area contributed by atoms with Crippen LogP contribution >= 0.6 is 0 Å². The normalized spacial score (nSPS) is 12.0. The number of nitrogens with zero attached hydrogens (tertiary/aromatic N) is 2. The van der Waals surface area contributed by atoms with Gasteiger partial charge < -0.3 is 18.2 Å². The van der Waals surface area contributed by atoms with Crippen molar-refractivity contribution in [1.82, 2.24) is 4.98 Å². The third kappa shape index (κ3) is 4.04. The van der Waals surface area contributed by atoms with E-state index < -0.39 is 0 Å². The molecule has 5 nitrogen and oxygen atoms in total. The molecule has 0 aliphatic carbocycles. The molecule has 11 rings (SSSR count). The Morgan fingerprint density at radius 2 is 1.08 bits per heavy atom. The van der Waals surface area contributed by atoms with Crippen molar-refractivity contribution in [2.45, 2.75) is 0 Å². The third-order valence-electron chi connectivity index (χ3n) is 9.86. The van der Waals surface area contributed by atoms with Crippen LogP contribution in [-0.4, -0.2) is 4.98 Å². The summed E-state index contributed by atoms with van der Waals surface area (Å²) in [5.41, 5.74) is 8.86. The first-order valence-corrected chi connectivity index (χ1v) is 16.7. The number of furan rings is 2. The largest absolute Gasteiger partial charge is 0.456 e. The summed E-state index contributed by atoms with van der Waals surface area (Å²) >= 11 is 0. The minimum atomic E-state index is 0.602. The van der Waals surface area contributed by atoms with Gasteiger partial charge in [0.1, 0.15) is 27.8 Å². The van der Waals surface area contributed by atoms with Gasteiger partial charge in [0.2, 0.25) is 5.89 Å². The van der Waals surface area contributed by atoms with Gasteiger partial charge in [0.15, 0.2) is 5.58 Å². The van der Waals surface area contributed by atoms with Gasteiger partial charge in [-0.15, -0.1) is 0 Å². The molecule has 234 valence electrons. The maximum Gasteiger partial charge on any atom is 0.227 e. The average Bonchev–Trinajstić information content (AvgIpc) is 3.88. The smallest absolute Gasteiger partial charge is 0.227 e. The first-order valence-electron chi connectivity index (χ1n) is 16.7. The van der Waals surface area contributed by atoms with Crippen LogP contribution in [0.4, 0.5) is 17.1 Å². The average molecular weight is 643 g/mol. The topological polar surface area (TPSA) is 55.6 Å². The van der Waals surface area contributed by atoms with E-state index >= 15 is 0 Å². The number of rotatable bonds is 4. The van der Waals surface area contributed by atoms with Gasteiger partial charge in [-0.25, -0.2) is 4.98 Å². The van der Waals surface area contributed by atoms with E-state index in [1.54, 1.807) is 0 Å². The molecule has 0 amide bonds. The van der Waals surface area contributed by atoms with Gasteiger partial charge in [0.25, 0.3) is 0 Å². The predicted molar refractivity (Wildman–Crippen MR) is 204 cm³/mol. The van der Waals surface area contributed by atoms with Crippen LogP contribution in [0.1, 0.15) is 0 Å². The molecule has 0 saturated heterocycles.